The van der Waals surface area contributed by atoms with Gasteiger partial charge in [0.1, 0.15) is 5.82 Å². The smallest absolute Gasteiger partial charge is 0.293 e. The maximum Gasteiger partial charge on any atom is 0.293 e. The molecule has 1 aliphatic rings. The van der Waals surface area contributed by atoms with E-state index in [1.54, 1.807) is 30.5 Å². The van der Waals surface area contributed by atoms with Crippen LogP contribution in [0.25, 0.3) is 17.7 Å². The third kappa shape index (κ3) is 6.29. The number of amides is 3. The van der Waals surface area contributed by atoms with E-state index in [4.69, 9.17) is 4.42 Å². The summed E-state index contributed by atoms with van der Waals surface area (Å²) in [6.07, 6.45) is 2.92. The van der Waals surface area contributed by atoms with E-state index in [2.05, 4.69) is 15.5 Å². The van der Waals surface area contributed by atoms with Gasteiger partial charge in [-0.2, -0.15) is 0 Å². The van der Waals surface area contributed by atoms with Crippen LogP contribution in [-0.2, 0) is 16.1 Å². The Hall–Kier alpha value is -4.16. The summed E-state index contributed by atoms with van der Waals surface area (Å²) in [7, 11) is 0. The van der Waals surface area contributed by atoms with Crippen LogP contribution in [0.15, 0.2) is 87.5 Å². The molecule has 2 aromatic heterocycles. The fraction of sp³-hybridized carbons (Fsp3) is 0.148. The van der Waals surface area contributed by atoms with Crippen molar-refractivity contribution in [1.29, 1.82) is 0 Å². The number of nitrogens with one attached hydrogen (secondary N) is 1. The van der Waals surface area contributed by atoms with Gasteiger partial charge in [-0.15, -0.1) is 10.2 Å². The van der Waals surface area contributed by atoms with Gasteiger partial charge < -0.3 is 9.73 Å². The van der Waals surface area contributed by atoms with Gasteiger partial charge in [-0.3, -0.25) is 23.9 Å². The van der Waals surface area contributed by atoms with E-state index in [-0.39, 0.29) is 35.2 Å². The number of hydrogen-bond donors (Lipinski definition) is 1. The summed E-state index contributed by atoms with van der Waals surface area (Å²) in [6, 6.07) is 19.4. The lowest BCUT2D eigenvalue weighted by Gasteiger charge is -2.13. The van der Waals surface area contributed by atoms with Crippen LogP contribution in [0.2, 0.25) is 0 Å². The number of furan rings is 1. The maximum atomic E-state index is 13.9. The quantitative estimate of drug-likeness (QED) is 0.219. The molecule has 1 saturated heterocycles. The monoisotopic (exact) mass is 563 g/mol. The Morgan fingerprint density at radius 1 is 1.05 bits per heavy atom. The first-order chi connectivity index (χ1) is 19.0. The minimum Gasteiger partial charge on any atom is -0.461 e. The molecule has 0 aliphatic carbocycles. The summed E-state index contributed by atoms with van der Waals surface area (Å²) in [5.41, 5.74) is 1.27. The van der Waals surface area contributed by atoms with Crippen LogP contribution in [0.5, 0.6) is 0 Å². The molecule has 9 nitrogen and oxygen atoms in total. The molecular weight excluding hydrogens is 541 g/mol. The number of thioether (sulfide) groups is 2. The zero-order valence-corrected chi connectivity index (χ0v) is 22.1. The van der Waals surface area contributed by atoms with E-state index < -0.39 is 17.0 Å². The topological polar surface area (TPSA) is 110 Å². The summed E-state index contributed by atoms with van der Waals surface area (Å²) in [5.74, 6) is -0.116. The highest BCUT2D eigenvalue weighted by molar-refractivity contribution is 8.18. The average molecular weight is 564 g/mol. The first-order valence-electron chi connectivity index (χ1n) is 11.9. The minimum atomic E-state index is -0.517. The molecule has 39 heavy (non-hydrogen) atoms. The van der Waals surface area contributed by atoms with Crippen LogP contribution in [0.3, 0.4) is 0 Å². The Balaban J connectivity index is 1.17. The van der Waals surface area contributed by atoms with Gasteiger partial charge in [-0.05, 0) is 41.6 Å². The molecule has 4 aromatic rings. The Morgan fingerprint density at radius 3 is 2.62 bits per heavy atom. The molecule has 0 saturated carbocycles. The third-order valence-electron chi connectivity index (χ3n) is 5.70. The molecule has 0 spiro atoms. The number of halogens is 1. The molecule has 3 heterocycles. The van der Waals surface area contributed by atoms with Gasteiger partial charge in [0.2, 0.25) is 11.7 Å². The Bertz CT molecular complexity index is 1520. The van der Waals surface area contributed by atoms with Crippen LogP contribution in [0.4, 0.5) is 9.18 Å². The predicted octanol–water partition coefficient (Wildman–Crippen LogP) is 4.67. The highest BCUT2D eigenvalue weighted by atomic mass is 32.2. The highest BCUT2D eigenvalue weighted by Gasteiger charge is 2.34. The lowest BCUT2D eigenvalue weighted by molar-refractivity contribution is -0.123. The molecule has 5 rings (SSSR count). The molecule has 0 bridgehead atoms. The summed E-state index contributed by atoms with van der Waals surface area (Å²) >= 11 is 1.96. The van der Waals surface area contributed by atoms with E-state index >= 15 is 0 Å². The molecule has 12 heteroatoms. The Labute approximate surface area is 231 Å². The largest absolute Gasteiger partial charge is 0.461 e. The van der Waals surface area contributed by atoms with Gasteiger partial charge in [0.25, 0.3) is 11.1 Å². The van der Waals surface area contributed by atoms with Gasteiger partial charge in [-0.25, -0.2) is 4.39 Å². The van der Waals surface area contributed by atoms with Crippen LogP contribution in [0, 0.1) is 5.82 Å². The van der Waals surface area contributed by atoms with Gasteiger partial charge in [-0.1, -0.05) is 60.3 Å². The van der Waals surface area contributed by atoms with Gasteiger partial charge in [0.15, 0.2) is 10.9 Å². The van der Waals surface area contributed by atoms with E-state index in [1.807, 2.05) is 34.9 Å². The average Bonchev–Trinajstić information content (AvgIpc) is 3.66. The second-order valence-electron chi connectivity index (χ2n) is 8.35. The van der Waals surface area contributed by atoms with E-state index in [1.165, 1.54) is 30.0 Å². The summed E-state index contributed by atoms with van der Waals surface area (Å²) in [5, 5.41) is 11.3. The van der Waals surface area contributed by atoms with Crippen LogP contribution in [0.1, 0.15) is 11.1 Å². The fourth-order valence-corrected chi connectivity index (χ4v) is 5.43. The molecule has 1 N–H and O–H groups in total. The molecular formula is C27H22FN5O4S2. The number of benzene rings is 2. The number of hydrogen-bond acceptors (Lipinski definition) is 8. The number of carbonyl (C=O) groups is 3. The van der Waals surface area contributed by atoms with Gasteiger partial charge in [0.05, 0.1) is 23.5 Å². The highest BCUT2D eigenvalue weighted by Crippen LogP contribution is 2.32. The van der Waals surface area contributed by atoms with Crippen molar-refractivity contribution in [2.45, 2.75) is 11.7 Å². The first-order valence-corrected chi connectivity index (χ1v) is 13.7. The van der Waals surface area contributed by atoms with Crippen LogP contribution in [-0.4, -0.2) is 55.6 Å². The second kappa shape index (κ2) is 12.1. The molecule has 2 aromatic carbocycles. The number of rotatable bonds is 10. The predicted molar refractivity (Wildman–Crippen MR) is 146 cm³/mol. The van der Waals surface area contributed by atoms with Gasteiger partial charge >= 0.3 is 0 Å². The van der Waals surface area contributed by atoms with E-state index in [9.17, 15) is 18.8 Å². The normalized spacial score (nSPS) is 14.4. The third-order valence-corrected chi connectivity index (χ3v) is 7.57. The van der Waals surface area contributed by atoms with Crippen molar-refractivity contribution in [2.24, 2.45) is 0 Å². The summed E-state index contributed by atoms with van der Waals surface area (Å²) in [6.45, 7) is 0.578. The molecule has 1 aliphatic heterocycles. The standard InChI is InChI=1S/C27H22FN5O4S2/c28-20-10-5-4-9-19(20)15-22-25(35)32(27(36)39-22)13-12-29-23(34)17-38-26-31-30-24(21-11-6-14-37-21)33(26)16-18-7-2-1-3-8-18/h1-11,14-15H,12-13,16-17H2,(H,29,34)/b22-15-. The zero-order valence-electron chi connectivity index (χ0n) is 20.5. The summed E-state index contributed by atoms with van der Waals surface area (Å²) < 4.78 is 21.3. The number of aromatic nitrogens is 3. The number of carbonyl (C=O) groups excluding carboxylic acids is 3. The zero-order chi connectivity index (χ0) is 27.2. The molecule has 0 atom stereocenters. The first kappa shape index (κ1) is 26.4. The SMILES string of the molecule is O=C(CSc1nnc(-c2ccco2)n1Cc1ccccc1)NCCN1C(=O)S/C(=C\c2ccccc2F)C1=O. The maximum absolute atomic E-state index is 13.9. The van der Waals surface area contributed by atoms with Crippen molar-refractivity contribution < 1.29 is 23.2 Å². The van der Waals surface area contributed by atoms with Crippen LogP contribution >= 0.6 is 23.5 Å². The summed E-state index contributed by atoms with van der Waals surface area (Å²) in [4.78, 5) is 38.7. The molecule has 1 fully saturated rings. The second-order valence-corrected chi connectivity index (χ2v) is 10.3. The lowest BCUT2D eigenvalue weighted by atomic mass is 10.2. The number of imide groups is 1. The van der Waals surface area contributed by atoms with Crippen molar-refractivity contribution in [3.8, 4) is 11.6 Å². The fourth-order valence-electron chi connectivity index (χ4n) is 3.81. The van der Waals surface area contributed by atoms with Crippen molar-refractivity contribution in [1.82, 2.24) is 25.0 Å². The molecule has 0 unspecified atom stereocenters. The molecule has 198 valence electrons. The van der Waals surface area contributed by atoms with E-state index in [0.717, 1.165) is 22.2 Å². The van der Waals surface area contributed by atoms with Crippen molar-refractivity contribution >= 4 is 46.7 Å². The van der Waals surface area contributed by atoms with E-state index in [0.29, 0.717) is 23.3 Å². The minimum absolute atomic E-state index is 0.00250. The Morgan fingerprint density at radius 2 is 1.85 bits per heavy atom. The molecule has 3 amide bonds. The lowest BCUT2D eigenvalue weighted by Crippen LogP contribution is -2.37. The Kier molecular flexibility index (Phi) is 8.23. The van der Waals surface area contributed by atoms with Crippen LogP contribution < -0.4 is 5.32 Å². The van der Waals surface area contributed by atoms with Crippen molar-refractivity contribution in [3.63, 3.8) is 0 Å². The van der Waals surface area contributed by atoms with Crippen molar-refractivity contribution in [3.05, 3.63) is 94.8 Å². The molecule has 0 radical (unpaired) electrons. The van der Waals surface area contributed by atoms with Gasteiger partial charge in [0, 0.05) is 18.7 Å². The van der Waals surface area contributed by atoms with Crippen molar-refractivity contribution in [2.75, 3.05) is 18.8 Å². The number of nitrogens with zero attached hydrogens (tertiary/aromatic N) is 4.